The molecule has 100 valence electrons. The van der Waals surface area contributed by atoms with Gasteiger partial charge in [0, 0.05) is 0 Å². The van der Waals surface area contributed by atoms with Crippen LogP contribution in [0.1, 0.15) is 16.6 Å². The van der Waals surface area contributed by atoms with Crippen molar-refractivity contribution in [2.75, 3.05) is 17.1 Å². The van der Waals surface area contributed by atoms with E-state index in [1.807, 2.05) is 0 Å². The van der Waals surface area contributed by atoms with Crippen LogP contribution < -0.4 is 4.72 Å². The molecular formula is C9H11NO6S2. The van der Waals surface area contributed by atoms with Crippen molar-refractivity contribution in [3.05, 3.63) is 17.0 Å². The third-order valence-corrected chi connectivity index (χ3v) is 3.95. The lowest BCUT2D eigenvalue weighted by atomic mass is 10.5. The predicted molar refractivity (Wildman–Crippen MR) is 65.3 cm³/mol. The number of hydrogen-bond donors (Lipinski definition) is 2. The third-order valence-electron chi connectivity index (χ3n) is 1.69. The lowest BCUT2D eigenvalue weighted by Gasteiger charge is -2.05. The van der Waals surface area contributed by atoms with Crippen molar-refractivity contribution in [3.63, 3.8) is 0 Å². The summed E-state index contributed by atoms with van der Waals surface area (Å²) in [5.74, 6) is -2.81. The second-order valence-electron chi connectivity index (χ2n) is 3.14. The molecule has 2 N–H and O–H groups in total. The summed E-state index contributed by atoms with van der Waals surface area (Å²) >= 11 is 0.766. The maximum Gasteiger partial charge on any atom is 0.345 e. The van der Waals surface area contributed by atoms with Crippen LogP contribution in [0.25, 0.3) is 0 Å². The van der Waals surface area contributed by atoms with Crippen molar-refractivity contribution in [3.8, 4) is 0 Å². The minimum atomic E-state index is -3.88. The first-order chi connectivity index (χ1) is 8.34. The zero-order valence-corrected chi connectivity index (χ0v) is 11.0. The average Bonchev–Trinajstić information content (AvgIpc) is 2.64. The largest absolute Gasteiger partial charge is 0.477 e. The van der Waals surface area contributed by atoms with E-state index in [1.54, 1.807) is 6.92 Å². The minimum Gasteiger partial charge on any atom is -0.477 e. The molecule has 18 heavy (non-hydrogen) atoms. The topological polar surface area (TPSA) is 110 Å². The molecule has 0 bridgehead atoms. The average molecular weight is 293 g/mol. The summed E-state index contributed by atoms with van der Waals surface area (Å²) in [7, 11) is -3.88. The normalized spacial score (nSPS) is 10.9. The van der Waals surface area contributed by atoms with Crippen LogP contribution in [-0.2, 0) is 19.6 Å². The SMILES string of the molecule is CCOC(=O)CS(=O)(=O)Nc1ccc(C(=O)O)s1. The number of rotatable bonds is 6. The van der Waals surface area contributed by atoms with Crippen molar-refractivity contribution >= 4 is 38.3 Å². The quantitative estimate of drug-likeness (QED) is 0.749. The fourth-order valence-corrected chi connectivity index (χ4v) is 3.04. The molecule has 1 aromatic heterocycles. The molecule has 7 nitrogen and oxygen atoms in total. The highest BCUT2D eigenvalue weighted by Gasteiger charge is 2.18. The van der Waals surface area contributed by atoms with Crippen molar-refractivity contribution in [2.24, 2.45) is 0 Å². The van der Waals surface area contributed by atoms with Gasteiger partial charge in [0.05, 0.1) is 6.61 Å². The molecule has 0 aliphatic carbocycles. The summed E-state index contributed by atoms with van der Waals surface area (Å²) in [5, 5.41) is 8.81. The Morgan fingerprint density at radius 1 is 1.44 bits per heavy atom. The van der Waals surface area contributed by atoms with Gasteiger partial charge < -0.3 is 9.84 Å². The molecule has 9 heteroatoms. The van der Waals surface area contributed by atoms with Crippen LogP contribution in [0, 0.1) is 0 Å². The Kier molecular flexibility index (Phi) is 4.68. The molecule has 0 aromatic carbocycles. The van der Waals surface area contributed by atoms with Gasteiger partial charge in [-0.2, -0.15) is 0 Å². The maximum absolute atomic E-state index is 11.5. The third kappa shape index (κ3) is 4.34. The van der Waals surface area contributed by atoms with Crippen molar-refractivity contribution < 1.29 is 27.9 Å². The Balaban J connectivity index is 2.70. The fourth-order valence-electron chi connectivity index (χ4n) is 1.05. The molecule has 0 aliphatic rings. The first kappa shape index (κ1) is 14.5. The van der Waals surface area contributed by atoms with Crippen LogP contribution in [0.4, 0.5) is 5.00 Å². The molecule has 1 aromatic rings. The molecular weight excluding hydrogens is 282 g/mol. The molecule has 1 heterocycles. The van der Waals surface area contributed by atoms with Gasteiger partial charge in [0.25, 0.3) is 0 Å². The molecule has 0 unspecified atom stereocenters. The number of sulfonamides is 1. The van der Waals surface area contributed by atoms with E-state index in [1.165, 1.54) is 12.1 Å². The molecule has 0 aliphatic heterocycles. The standard InChI is InChI=1S/C9H11NO6S2/c1-2-16-8(11)5-18(14,15)10-7-4-3-6(17-7)9(12)13/h3-4,10H,2,5H2,1H3,(H,12,13). The lowest BCUT2D eigenvalue weighted by Crippen LogP contribution is -2.24. The summed E-state index contributed by atoms with van der Waals surface area (Å²) in [5.41, 5.74) is 0. The van der Waals surface area contributed by atoms with Gasteiger partial charge in [-0.25, -0.2) is 13.2 Å². The Morgan fingerprint density at radius 2 is 2.11 bits per heavy atom. The summed E-state index contributed by atoms with van der Waals surface area (Å²) in [6.45, 7) is 1.66. The second kappa shape index (κ2) is 5.83. The lowest BCUT2D eigenvalue weighted by molar-refractivity contribution is -0.139. The number of carboxylic acid groups (broad SMARTS) is 1. The number of esters is 1. The van der Waals surface area contributed by atoms with Gasteiger partial charge in [-0.3, -0.25) is 9.52 Å². The Morgan fingerprint density at radius 3 is 2.61 bits per heavy atom. The van der Waals surface area contributed by atoms with Gasteiger partial charge in [0.15, 0.2) is 5.75 Å². The van der Waals surface area contributed by atoms with E-state index in [-0.39, 0.29) is 16.5 Å². The minimum absolute atomic E-state index is 0.00355. The van der Waals surface area contributed by atoms with Gasteiger partial charge >= 0.3 is 11.9 Å². The molecule has 1 rings (SSSR count). The van der Waals surface area contributed by atoms with Gasteiger partial charge in [-0.15, -0.1) is 11.3 Å². The smallest absolute Gasteiger partial charge is 0.345 e. The van der Waals surface area contributed by atoms with E-state index in [9.17, 15) is 18.0 Å². The van der Waals surface area contributed by atoms with E-state index >= 15 is 0 Å². The Bertz CT molecular complexity index is 547. The zero-order chi connectivity index (χ0) is 13.8. The molecule has 0 amide bonds. The number of carbonyl (C=O) groups excluding carboxylic acids is 1. The van der Waals surface area contributed by atoms with Crippen molar-refractivity contribution in [1.29, 1.82) is 0 Å². The number of nitrogens with one attached hydrogen (secondary N) is 1. The molecule has 0 fully saturated rings. The number of carbonyl (C=O) groups is 2. The van der Waals surface area contributed by atoms with E-state index in [4.69, 9.17) is 5.11 Å². The Labute approximate surface area is 107 Å². The molecule has 0 saturated carbocycles. The Hall–Kier alpha value is -1.61. The van der Waals surface area contributed by atoms with Crippen LogP contribution >= 0.6 is 11.3 Å². The van der Waals surface area contributed by atoms with Crippen molar-refractivity contribution in [1.82, 2.24) is 0 Å². The summed E-state index contributed by atoms with van der Waals surface area (Å²) in [6.07, 6.45) is 0. The van der Waals surface area contributed by atoms with Crippen LogP contribution in [0.5, 0.6) is 0 Å². The zero-order valence-electron chi connectivity index (χ0n) is 9.37. The summed E-state index contributed by atoms with van der Waals surface area (Å²) < 4.78 is 29.6. The van der Waals surface area contributed by atoms with E-state index in [0.29, 0.717) is 0 Å². The maximum atomic E-state index is 11.5. The van der Waals surface area contributed by atoms with Crippen LogP contribution in [0.15, 0.2) is 12.1 Å². The molecule has 0 saturated heterocycles. The van der Waals surface area contributed by atoms with Gasteiger partial charge in [0.1, 0.15) is 9.88 Å². The van der Waals surface area contributed by atoms with Gasteiger partial charge in [-0.05, 0) is 19.1 Å². The first-order valence-electron chi connectivity index (χ1n) is 4.83. The van der Waals surface area contributed by atoms with Crippen LogP contribution in [0.2, 0.25) is 0 Å². The van der Waals surface area contributed by atoms with E-state index < -0.39 is 27.7 Å². The van der Waals surface area contributed by atoms with Crippen LogP contribution in [-0.4, -0.2) is 37.8 Å². The second-order valence-corrected chi connectivity index (χ2v) is 5.94. The number of aromatic carboxylic acids is 1. The number of hydrogen-bond acceptors (Lipinski definition) is 6. The number of thiophene rings is 1. The predicted octanol–water partition coefficient (Wildman–Crippen LogP) is 0.751. The van der Waals surface area contributed by atoms with E-state index in [0.717, 1.165) is 11.3 Å². The number of carboxylic acids is 1. The highest BCUT2D eigenvalue weighted by molar-refractivity contribution is 7.93. The highest BCUT2D eigenvalue weighted by atomic mass is 32.2. The van der Waals surface area contributed by atoms with Crippen molar-refractivity contribution in [2.45, 2.75) is 6.92 Å². The molecule has 0 spiro atoms. The summed E-state index contributed by atoms with van der Waals surface area (Å²) in [6, 6.07) is 2.59. The summed E-state index contributed by atoms with van der Waals surface area (Å²) in [4.78, 5) is 21.6. The number of ether oxygens (including phenoxy) is 1. The highest BCUT2D eigenvalue weighted by Crippen LogP contribution is 2.22. The number of anilines is 1. The fraction of sp³-hybridized carbons (Fsp3) is 0.333. The first-order valence-corrected chi connectivity index (χ1v) is 7.30. The monoisotopic (exact) mass is 293 g/mol. The molecule has 0 atom stereocenters. The molecule has 0 radical (unpaired) electrons. The van der Waals surface area contributed by atoms with Crippen LogP contribution in [0.3, 0.4) is 0 Å². The van der Waals surface area contributed by atoms with E-state index in [2.05, 4.69) is 9.46 Å². The van der Waals surface area contributed by atoms with Gasteiger partial charge in [-0.1, -0.05) is 0 Å². The van der Waals surface area contributed by atoms with Gasteiger partial charge in [0.2, 0.25) is 10.0 Å².